The van der Waals surface area contributed by atoms with Gasteiger partial charge in [0.15, 0.2) is 11.6 Å². The second-order valence-corrected chi connectivity index (χ2v) is 19.9. The maximum absolute atomic E-state index is 15.2. The van der Waals surface area contributed by atoms with Crippen molar-refractivity contribution in [2.45, 2.75) is 76.4 Å². The predicted molar refractivity (Wildman–Crippen MR) is 275 cm³/mol. The molecule has 7 N–H and O–H groups in total. The maximum Gasteiger partial charge on any atom is 0.414 e. The third-order valence-electron chi connectivity index (χ3n) is 13.6. The number of nitrogens with one attached hydrogen (secondary N) is 3. The highest BCUT2D eigenvalue weighted by molar-refractivity contribution is 6.00. The van der Waals surface area contributed by atoms with Crippen LogP contribution < -0.4 is 37.2 Å². The first-order valence-electron chi connectivity index (χ1n) is 24.7. The van der Waals surface area contributed by atoms with Gasteiger partial charge >= 0.3 is 12.2 Å². The Kier molecular flexibility index (Phi) is 17.2. The number of ether oxygens (including phenoxy) is 2. The predicted octanol–water partition coefficient (Wildman–Crippen LogP) is 4.58. The molecule has 0 aliphatic carbocycles. The minimum atomic E-state index is -0.613. The van der Waals surface area contributed by atoms with Gasteiger partial charge in [-0.2, -0.15) is 0 Å². The molecule has 0 saturated carbocycles. The van der Waals surface area contributed by atoms with Crippen molar-refractivity contribution in [1.29, 1.82) is 0 Å². The summed E-state index contributed by atoms with van der Waals surface area (Å²) in [6.45, 7) is 8.36. The van der Waals surface area contributed by atoms with E-state index in [-0.39, 0.29) is 99.5 Å². The SMILES string of the molecule is CC(=O)NC[C@H]1CN(c2ccc(C3(C)CN(C(=O)CCC(=O)c4ccc(N)cc4)C3)c(F)c2)C(=O)O1.CC(=O)NC[C@H]1CN(c2ccc(C3(C)CN(C(=O)CCC(=O)c4ccc(NC(=O)CN)cc4)C3)c(F)c2)C(=O)O1. The van der Waals surface area contributed by atoms with Crippen LogP contribution in [-0.4, -0.2) is 134 Å². The van der Waals surface area contributed by atoms with E-state index in [4.69, 9.17) is 20.9 Å². The molecule has 20 nitrogen and oxygen atoms in total. The van der Waals surface area contributed by atoms with Crippen LogP contribution in [0.4, 0.5) is 41.1 Å². The van der Waals surface area contributed by atoms with Crippen molar-refractivity contribution in [3.05, 3.63) is 119 Å². The molecule has 4 aromatic rings. The van der Waals surface area contributed by atoms with Crippen molar-refractivity contribution < 1.29 is 61.4 Å². The van der Waals surface area contributed by atoms with Crippen molar-refractivity contribution in [2.75, 3.05) is 79.8 Å². The molecule has 4 saturated heterocycles. The van der Waals surface area contributed by atoms with Gasteiger partial charge in [0.2, 0.25) is 29.5 Å². The number of cyclic esters (lactones) is 2. The Labute approximate surface area is 437 Å². The van der Waals surface area contributed by atoms with Gasteiger partial charge in [-0.05, 0) is 83.9 Å². The van der Waals surface area contributed by atoms with Gasteiger partial charge in [0, 0.05) is 99.0 Å². The topological polar surface area (TPSA) is 273 Å². The fourth-order valence-electron chi connectivity index (χ4n) is 9.47. The van der Waals surface area contributed by atoms with Crippen LogP contribution in [0, 0.1) is 11.6 Å². The number of halogens is 2. The number of carbonyl (C=O) groups excluding carboxylic acids is 9. The number of Topliss-reactive ketones (excluding diaryl/α,β-unsaturated/α-hetero) is 2. The molecule has 4 aromatic carbocycles. The number of nitrogens with zero attached hydrogens (tertiary/aromatic N) is 4. The van der Waals surface area contributed by atoms with Crippen LogP contribution in [-0.2, 0) is 44.3 Å². The van der Waals surface area contributed by atoms with Gasteiger partial charge < -0.3 is 46.7 Å². The van der Waals surface area contributed by atoms with Crippen LogP contribution in [0.5, 0.6) is 0 Å². The smallest absolute Gasteiger partial charge is 0.414 e. The normalized spacial score (nSPS) is 18.0. The molecule has 2 atom stereocenters. The lowest BCUT2D eigenvalue weighted by molar-refractivity contribution is -0.139. The summed E-state index contributed by atoms with van der Waals surface area (Å²) in [4.78, 5) is 114. The van der Waals surface area contributed by atoms with Gasteiger partial charge in [-0.15, -0.1) is 0 Å². The molecule has 0 spiro atoms. The monoisotopic (exact) mass is 1050 g/mol. The lowest BCUT2D eigenvalue weighted by Gasteiger charge is -2.48. The number of nitrogens with two attached hydrogens (primary N) is 2. The highest BCUT2D eigenvalue weighted by atomic mass is 19.1. The number of anilines is 4. The summed E-state index contributed by atoms with van der Waals surface area (Å²) in [7, 11) is 0. The van der Waals surface area contributed by atoms with E-state index >= 15 is 8.78 Å². The minimum absolute atomic E-state index is 0.0263. The number of hydrogen-bond acceptors (Lipinski definition) is 13. The second kappa shape index (κ2) is 23.5. The van der Waals surface area contributed by atoms with Gasteiger partial charge in [0.05, 0.1) is 44.1 Å². The summed E-state index contributed by atoms with van der Waals surface area (Å²) in [6.07, 6.45) is -2.03. The van der Waals surface area contributed by atoms with E-state index in [0.717, 1.165) is 0 Å². The number of rotatable bonds is 18. The van der Waals surface area contributed by atoms with E-state index in [0.29, 0.717) is 71.2 Å². The number of nitrogen functional groups attached to an aromatic ring is 1. The highest BCUT2D eigenvalue weighted by Gasteiger charge is 2.46. The summed E-state index contributed by atoms with van der Waals surface area (Å²) < 4.78 is 40.8. The van der Waals surface area contributed by atoms with Crippen molar-refractivity contribution in [1.82, 2.24) is 20.4 Å². The molecule has 76 heavy (non-hydrogen) atoms. The Morgan fingerprint density at radius 3 is 1.37 bits per heavy atom. The second-order valence-electron chi connectivity index (χ2n) is 19.9. The fraction of sp³-hybridized carbons (Fsp3) is 0.389. The molecule has 0 bridgehead atoms. The minimum Gasteiger partial charge on any atom is -0.442 e. The van der Waals surface area contributed by atoms with Gasteiger partial charge in [0.25, 0.3) is 0 Å². The van der Waals surface area contributed by atoms with Gasteiger partial charge in [0.1, 0.15) is 23.8 Å². The molecule has 22 heteroatoms. The van der Waals surface area contributed by atoms with Crippen molar-refractivity contribution in [2.24, 2.45) is 5.73 Å². The Hall–Kier alpha value is -8.27. The van der Waals surface area contributed by atoms with Crippen LogP contribution in [0.3, 0.4) is 0 Å². The number of amides is 7. The third kappa shape index (κ3) is 13.3. The Morgan fingerprint density at radius 2 is 1.00 bits per heavy atom. The molecule has 7 amide bonds. The molecular weight excluding hydrogens is 989 g/mol. The highest BCUT2D eigenvalue weighted by Crippen LogP contribution is 2.39. The molecule has 402 valence electrons. The summed E-state index contributed by atoms with van der Waals surface area (Å²) in [5.41, 5.74) is 13.4. The lowest BCUT2D eigenvalue weighted by atomic mass is 9.75. The number of carbonyl (C=O) groups is 9. The molecule has 4 aliphatic heterocycles. The summed E-state index contributed by atoms with van der Waals surface area (Å²) in [6, 6.07) is 22.0. The zero-order valence-corrected chi connectivity index (χ0v) is 42.6. The molecular formula is C54H61F2N9O11. The number of ketones is 2. The van der Waals surface area contributed by atoms with E-state index in [1.807, 2.05) is 13.8 Å². The number of hydrogen-bond donors (Lipinski definition) is 5. The zero-order chi connectivity index (χ0) is 55.1. The van der Waals surface area contributed by atoms with E-state index in [1.165, 1.54) is 35.8 Å². The van der Waals surface area contributed by atoms with E-state index in [1.54, 1.807) is 82.6 Å². The molecule has 0 aromatic heterocycles. The number of likely N-dealkylation sites (tertiary alicyclic amines) is 2. The largest absolute Gasteiger partial charge is 0.442 e. The molecule has 4 fully saturated rings. The molecule has 4 heterocycles. The lowest BCUT2D eigenvalue weighted by Crippen LogP contribution is -2.60. The first kappa shape index (κ1) is 55.5. The van der Waals surface area contributed by atoms with E-state index < -0.39 is 46.9 Å². The Morgan fingerprint density at radius 1 is 0.605 bits per heavy atom. The molecule has 4 aliphatic rings. The zero-order valence-electron chi connectivity index (χ0n) is 42.6. The quantitative estimate of drug-likeness (QED) is 0.0676. The Bertz CT molecular complexity index is 2910. The van der Waals surface area contributed by atoms with Gasteiger partial charge in [-0.25, -0.2) is 18.4 Å². The third-order valence-corrected chi connectivity index (χ3v) is 13.6. The first-order chi connectivity index (χ1) is 36.0. The van der Waals surface area contributed by atoms with Crippen LogP contribution in [0.25, 0.3) is 0 Å². The Balaban J connectivity index is 0.000000222. The van der Waals surface area contributed by atoms with Crippen LogP contribution in [0.2, 0.25) is 0 Å². The average Bonchev–Trinajstić information content (AvgIpc) is 3.94. The van der Waals surface area contributed by atoms with Crippen LogP contribution in [0.1, 0.15) is 85.2 Å². The standard InChI is InChI=1S/C28H32FN5O6.C26H29FN4O5/c1-17(35)31-13-21-14-34(27(39)40-21)20-7-8-22(23(29)11-20)28(2)15-33(16-28)26(38)10-9-24(36)18-3-5-19(6-4-18)32-25(37)12-30;1-16(32)29-12-20-13-31(25(35)36-20)19-7-8-21(22(27)11-19)26(2)14-30(15-26)24(34)10-9-23(33)17-3-5-18(28)6-4-17/h3-8,11,21H,9-10,12-16,30H2,1-2H3,(H,31,35)(H,32,37);3-8,11,20H,9-10,12-15,28H2,1-2H3,(H,29,32)/t21-;20-/m00/s1. The van der Waals surface area contributed by atoms with Crippen molar-refractivity contribution in [3.63, 3.8) is 0 Å². The molecule has 8 rings (SSSR count). The average molecular weight is 1050 g/mol. The maximum atomic E-state index is 15.2. The fourth-order valence-corrected chi connectivity index (χ4v) is 9.47. The van der Waals surface area contributed by atoms with Crippen LogP contribution >= 0.6 is 0 Å². The van der Waals surface area contributed by atoms with Gasteiger partial charge in [-0.1, -0.05) is 26.0 Å². The molecule has 0 unspecified atom stereocenters. The summed E-state index contributed by atoms with van der Waals surface area (Å²) in [5, 5.41) is 7.79. The van der Waals surface area contributed by atoms with Crippen molar-refractivity contribution in [3.8, 4) is 0 Å². The van der Waals surface area contributed by atoms with E-state index in [2.05, 4.69) is 16.0 Å². The summed E-state index contributed by atoms with van der Waals surface area (Å²) in [5.74, 6) is -2.45. The summed E-state index contributed by atoms with van der Waals surface area (Å²) >= 11 is 0. The number of benzene rings is 4. The van der Waals surface area contributed by atoms with Gasteiger partial charge in [-0.3, -0.25) is 43.4 Å². The van der Waals surface area contributed by atoms with Crippen LogP contribution in [0.15, 0.2) is 84.9 Å². The first-order valence-corrected chi connectivity index (χ1v) is 24.7. The van der Waals surface area contributed by atoms with E-state index in [9.17, 15) is 43.2 Å². The van der Waals surface area contributed by atoms with Crippen molar-refractivity contribution >= 4 is 76.0 Å². The molecule has 0 radical (unpaired) electrons.